The number of hydrogen-bond donors (Lipinski definition) is 0. The van der Waals surface area contributed by atoms with Crippen molar-refractivity contribution in [2.45, 2.75) is 193 Å². The van der Waals surface area contributed by atoms with Crippen LogP contribution in [0.15, 0.2) is 0 Å². The van der Waals surface area contributed by atoms with Crippen LogP contribution in [0.2, 0.25) is 0 Å². The number of unbranched alkanes of at least 4 members (excludes halogenated alkanes) is 20. The van der Waals surface area contributed by atoms with Crippen LogP contribution in [-0.2, 0) is 24.6 Å². The molecule has 0 amide bonds. The number of nitrogens with zero attached hydrogens (tertiary/aromatic N) is 1. The normalized spacial score (nSPS) is 14.4. The maximum atomic E-state index is 14.5. The third-order valence-corrected chi connectivity index (χ3v) is 22.0. The average molecular weight is 780 g/mol. The Balaban J connectivity index is 6.98. The van der Waals surface area contributed by atoms with Crippen LogP contribution in [0.4, 0.5) is 26.3 Å². The van der Waals surface area contributed by atoms with Crippen LogP contribution in [0.5, 0.6) is 0 Å². The molecule has 0 aromatic carbocycles. The molecule has 0 aliphatic carbocycles. The van der Waals surface area contributed by atoms with Gasteiger partial charge in [-0.2, -0.15) is 0 Å². The predicted octanol–water partition coefficient (Wildman–Crippen LogP) is 12.8. The summed E-state index contributed by atoms with van der Waals surface area (Å²) >= 11 is 0. The Kier molecular flexibility index (Phi) is 24.1. The summed E-state index contributed by atoms with van der Waals surface area (Å²) in [6.07, 6.45) is 15.5. The van der Waals surface area contributed by atoms with Crippen LogP contribution in [0, 0.1) is 0 Å². The average Bonchev–Trinajstić information content (AvgIpc) is 3.01. The first-order valence-electron chi connectivity index (χ1n) is 19.0. The Morgan fingerprint density at radius 1 is 0.429 bits per heavy atom. The zero-order chi connectivity index (χ0) is 37.5. The van der Waals surface area contributed by atoms with Gasteiger partial charge in [0.15, 0.2) is 0 Å². The van der Waals surface area contributed by atoms with Crippen LogP contribution >= 0.6 is 6.98 Å². The molecule has 0 atom stereocenters. The summed E-state index contributed by atoms with van der Waals surface area (Å²) in [5, 5.41) is 0. The van der Waals surface area contributed by atoms with Gasteiger partial charge in [-0.3, -0.25) is 0 Å². The summed E-state index contributed by atoms with van der Waals surface area (Å²) in [5.41, 5.74) is -12.6. The second kappa shape index (κ2) is 24.2. The molecule has 0 aliphatic heterocycles. The molecular weight excluding hydrogens is 711 g/mol. The van der Waals surface area contributed by atoms with E-state index >= 15 is 0 Å². The summed E-state index contributed by atoms with van der Waals surface area (Å²) in [6.45, 7) is 2.02. The van der Waals surface area contributed by atoms with Gasteiger partial charge in [-0.1, -0.05) is 13.3 Å². The summed E-state index contributed by atoms with van der Waals surface area (Å²) in [4.78, 5) is 0. The van der Waals surface area contributed by atoms with Gasteiger partial charge in [-0.25, -0.2) is 0 Å². The second-order valence-electron chi connectivity index (χ2n) is 13.7. The van der Waals surface area contributed by atoms with Crippen molar-refractivity contribution in [1.82, 2.24) is 3.48 Å². The zero-order valence-corrected chi connectivity index (χ0v) is 33.3. The molecule has 0 aromatic heterocycles. The fourth-order valence-corrected chi connectivity index (χ4v) is 20.2. The van der Waals surface area contributed by atoms with E-state index < -0.39 is 60.0 Å². The monoisotopic (exact) mass is 779 g/mol. The molecule has 0 N–H and O–H groups in total. The molecule has 49 heavy (non-hydrogen) atoms. The van der Waals surface area contributed by atoms with Crippen molar-refractivity contribution in [1.29, 1.82) is 0 Å². The molecule has 6 nitrogen and oxygen atoms in total. The van der Waals surface area contributed by atoms with E-state index in [1.54, 1.807) is 0 Å². The van der Waals surface area contributed by atoms with Gasteiger partial charge < -0.3 is 0 Å². The fraction of sp³-hybridized carbons (Fsp3) is 1.00. The summed E-state index contributed by atoms with van der Waals surface area (Å²) < 4.78 is 146. The summed E-state index contributed by atoms with van der Waals surface area (Å²) in [5.74, 6) is 0. The van der Waals surface area contributed by atoms with Crippen molar-refractivity contribution >= 4 is 27.0 Å². The van der Waals surface area contributed by atoms with Gasteiger partial charge in [0, 0.05) is 0 Å². The molecule has 0 aromatic rings. The van der Waals surface area contributed by atoms with Gasteiger partial charge in [0.25, 0.3) is 0 Å². The first kappa shape index (κ1) is 48.8. The molecule has 0 radical (unpaired) electrons. The van der Waals surface area contributed by atoms with Gasteiger partial charge in [0.05, 0.1) is 0 Å². The van der Waals surface area contributed by atoms with Gasteiger partial charge in [0.1, 0.15) is 0 Å². The van der Waals surface area contributed by atoms with E-state index in [0.29, 0.717) is 57.8 Å². The standard InChI is InChI=1S/C34H68F6NO5PS2/c1-5-9-13-17-18-19-20-21-22-23-24-28-32-47(30-26-15-11-7-3,31-27-16-12-8-4,46-29-25-14-10-6-2)41(48(42,43)33(35,36)37)49(44,45)34(38,39)40/h5-32H2,1-4H3. The number of halogens is 6. The molecule has 0 aliphatic rings. The van der Waals surface area contributed by atoms with E-state index in [0.717, 1.165) is 44.9 Å². The van der Waals surface area contributed by atoms with E-state index in [-0.39, 0.29) is 32.3 Å². The van der Waals surface area contributed by atoms with E-state index in [4.69, 9.17) is 4.52 Å². The summed E-state index contributed by atoms with van der Waals surface area (Å²) in [7, 11) is -14.1. The zero-order valence-electron chi connectivity index (χ0n) is 30.8. The van der Waals surface area contributed by atoms with Crippen LogP contribution < -0.4 is 0 Å². The van der Waals surface area contributed by atoms with Crippen LogP contribution in [0.1, 0.15) is 182 Å². The summed E-state index contributed by atoms with van der Waals surface area (Å²) in [6, 6.07) is 0. The molecule has 0 rings (SSSR count). The topological polar surface area (TPSA) is 80.8 Å². The number of hydrogen-bond acceptors (Lipinski definition) is 5. The third-order valence-electron chi connectivity index (χ3n) is 9.39. The van der Waals surface area contributed by atoms with Gasteiger partial charge in [0.2, 0.25) is 0 Å². The first-order chi connectivity index (χ1) is 22.9. The Bertz CT molecular complexity index is 1020. The Morgan fingerprint density at radius 3 is 0.959 bits per heavy atom. The van der Waals surface area contributed by atoms with Crippen molar-refractivity contribution < 1.29 is 47.7 Å². The SMILES string of the molecule is CCCCCCCCCCCCCCP(CCCCCC)(CCCCCC)(OCCCCCC)N(S(=O)(=O)C(F)(F)F)S(=O)(=O)C(F)(F)F. The quantitative estimate of drug-likeness (QED) is 0.0386. The molecule has 0 fully saturated rings. The first-order valence-corrected chi connectivity index (χ1v) is 24.6. The van der Waals surface area contributed by atoms with Crippen molar-refractivity contribution in [2.75, 3.05) is 25.1 Å². The Labute approximate surface area is 295 Å². The number of sulfonamides is 2. The number of rotatable bonds is 32. The number of alkyl halides is 6. The predicted molar refractivity (Wildman–Crippen MR) is 193 cm³/mol. The van der Waals surface area contributed by atoms with Crippen molar-refractivity contribution in [3.05, 3.63) is 0 Å². The van der Waals surface area contributed by atoms with E-state index in [1.807, 2.05) is 20.8 Å². The molecule has 298 valence electrons. The van der Waals surface area contributed by atoms with Crippen LogP contribution in [0.3, 0.4) is 0 Å². The minimum atomic E-state index is -7.04. The molecule has 0 unspecified atom stereocenters. The van der Waals surface area contributed by atoms with Crippen LogP contribution in [0.25, 0.3) is 0 Å². The van der Waals surface area contributed by atoms with E-state index in [9.17, 15) is 43.2 Å². The van der Waals surface area contributed by atoms with Gasteiger partial charge in [-0.15, -0.1) is 0 Å². The van der Waals surface area contributed by atoms with Crippen LogP contribution in [-0.4, -0.2) is 56.4 Å². The molecule has 0 heterocycles. The molecule has 0 spiro atoms. The van der Waals surface area contributed by atoms with E-state index in [2.05, 4.69) is 6.92 Å². The maximum absolute atomic E-state index is 14.5. The van der Waals surface area contributed by atoms with Crippen molar-refractivity contribution in [2.24, 2.45) is 0 Å². The van der Waals surface area contributed by atoms with Gasteiger partial charge in [-0.05, 0) is 0 Å². The fourth-order valence-electron chi connectivity index (χ4n) is 6.61. The second-order valence-corrected chi connectivity index (χ2v) is 23.2. The van der Waals surface area contributed by atoms with E-state index in [1.165, 1.54) is 25.7 Å². The molecule has 15 heteroatoms. The van der Waals surface area contributed by atoms with Crippen molar-refractivity contribution in [3.63, 3.8) is 0 Å². The molecular formula is C34H68F6NO5PS2. The minimum absolute atomic E-state index is 0.0594. The third kappa shape index (κ3) is 16.2. The van der Waals surface area contributed by atoms with Crippen molar-refractivity contribution in [3.8, 4) is 0 Å². The molecule has 0 saturated heterocycles. The molecule has 0 saturated carbocycles. The van der Waals surface area contributed by atoms with Gasteiger partial charge >= 0.3 is 283 Å². The Morgan fingerprint density at radius 2 is 0.673 bits per heavy atom. The Hall–Kier alpha value is -0.170. The molecule has 0 bridgehead atoms.